The Kier molecular flexibility index (Phi) is 3.98. The van der Waals surface area contributed by atoms with Crippen LogP contribution in [0.4, 0.5) is 0 Å². The lowest BCUT2D eigenvalue weighted by molar-refractivity contribution is 1.13. The van der Waals surface area contributed by atoms with Gasteiger partial charge in [-0.1, -0.05) is 49.4 Å². The summed E-state index contributed by atoms with van der Waals surface area (Å²) >= 11 is 0. The van der Waals surface area contributed by atoms with Crippen molar-refractivity contribution < 1.29 is 0 Å². The molecule has 2 aromatic heterocycles. The molecular weight excluding hydrogens is 306 g/mol. The Hall–Kier alpha value is -3.07. The lowest BCUT2D eigenvalue weighted by Gasteiger charge is -2.10. The highest BCUT2D eigenvalue weighted by atomic mass is 14.9. The fourth-order valence-corrected chi connectivity index (χ4v) is 3.02. The Balaban J connectivity index is 1.99. The molecule has 4 rings (SSSR count). The van der Waals surface area contributed by atoms with Crippen molar-refractivity contribution in [2.24, 2.45) is 0 Å². The Morgan fingerprint density at radius 2 is 1.64 bits per heavy atom. The van der Waals surface area contributed by atoms with Gasteiger partial charge in [-0.3, -0.25) is 0 Å². The number of pyridine rings is 1. The van der Waals surface area contributed by atoms with Gasteiger partial charge in [0.25, 0.3) is 0 Å². The van der Waals surface area contributed by atoms with Crippen molar-refractivity contribution in [2.45, 2.75) is 20.3 Å². The molecule has 0 atom stereocenters. The number of aromatic nitrogens is 3. The Morgan fingerprint density at radius 1 is 0.800 bits per heavy atom. The Bertz CT molecular complexity index is 1050. The first-order chi connectivity index (χ1) is 12.2. The molecule has 2 aromatic carbocycles. The lowest BCUT2D eigenvalue weighted by Crippen LogP contribution is -1.97. The quantitative estimate of drug-likeness (QED) is 0.518. The maximum absolute atomic E-state index is 4.88. The van der Waals surface area contributed by atoms with Crippen molar-refractivity contribution >= 4 is 10.9 Å². The second kappa shape index (κ2) is 6.44. The molecule has 4 aromatic rings. The molecule has 3 heteroatoms. The Morgan fingerprint density at radius 3 is 2.48 bits per heavy atom. The van der Waals surface area contributed by atoms with Crippen LogP contribution in [-0.4, -0.2) is 15.0 Å². The van der Waals surface area contributed by atoms with Crippen LogP contribution in [0.1, 0.15) is 18.2 Å². The van der Waals surface area contributed by atoms with Gasteiger partial charge in [0.2, 0.25) is 0 Å². The van der Waals surface area contributed by atoms with Crippen molar-refractivity contribution in [1.29, 1.82) is 0 Å². The number of para-hydroxylation sites is 1. The molecule has 2 heterocycles. The minimum Gasteiger partial charge on any atom is -0.250 e. The topological polar surface area (TPSA) is 38.7 Å². The normalized spacial score (nSPS) is 11.0. The average molecular weight is 325 g/mol. The van der Waals surface area contributed by atoms with Crippen LogP contribution in [0.15, 0.2) is 66.7 Å². The number of nitrogens with zero attached hydrogens (tertiary/aromatic N) is 3. The predicted octanol–water partition coefficient (Wildman–Crippen LogP) is 5.23. The SMILES string of the molecule is CCc1cccc(-c2nc(-c3cccc(C)n3)nc3ccccc23)c1. The fourth-order valence-electron chi connectivity index (χ4n) is 3.02. The molecule has 0 unspecified atom stereocenters. The number of aryl methyl sites for hydroxylation is 2. The van der Waals surface area contributed by atoms with Crippen molar-refractivity contribution in [1.82, 2.24) is 15.0 Å². The van der Waals surface area contributed by atoms with E-state index >= 15 is 0 Å². The first kappa shape index (κ1) is 15.5. The van der Waals surface area contributed by atoms with Crippen LogP contribution in [0.2, 0.25) is 0 Å². The molecule has 0 radical (unpaired) electrons. The highest BCUT2D eigenvalue weighted by molar-refractivity contribution is 5.93. The standard InChI is InChI=1S/C22H19N3/c1-3-16-9-7-10-17(14-16)21-18-11-4-5-12-19(18)24-22(25-21)20-13-6-8-15(2)23-20/h4-14H,3H2,1-2H3. The van der Waals surface area contributed by atoms with Crippen LogP contribution < -0.4 is 0 Å². The summed E-state index contributed by atoms with van der Waals surface area (Å²) in [6.07, 6.45) is 1.00. The van der Waals surface area contributed by atoms with Gasteiger partial charge in [-0.15, -0.1) is 0 Å². The molecule has 0 N–H and O–H groups in total. The van der Waals surface area contributed by atoms with E-state index in [2.05, 4.69) is 42.2 Å². The molecule has 0 amide bonds. The zero-order valence-electron chi connectivity index (χ0n) is 14.4. The van der Waals surface area contributed by atoms with E-state index in [1.165, 1.54) is 5.56 Å². The summed E-state index contributed by atoms with van der Waals surface area (Å²) in [6.45, 7) is 4.15. The van der Waals surface area contributed by atoms with Crippen LogP contribution in [0.25, 0.3) is 33.7 Å². The number of hydrogen-bond acceptors (Lipinski definition) is 3. The molecular formula is C22H19N3. The first-order valence-electron chi connectivity index (χ1n) is 8.55. The summed E-state index contributed by atoms with van der Waals surface area (Å²) < 4.78 is 0. The molecule has 122 valence electrons. The minimum absolute atomic E-state index is 0.666. The van der Waals surface area contributed by atoms with E-state index in [0.29, 0.717) is 5.82 Å². The van der Waals surface area contributed by atoms with E-state index in [9.17, 15) is 0 Å². The van der Waals surface area contributed by atoms with Gasteiger partial charge in [0.15, 0.2) is 5.82 Å². The van der Waals surface area contributed by atoms with Crippen LogP contribution in [0.5, 0.6) is 0 Å². The summed E-state index contributed by atoms with van der Waals surface area (Å²) in [6, 6.07) is 22.7. The molecule has 0 fully saturated rings. The molecule has 0 spiro atoms. The van der Waals surface area contributed by atoms with Gasteiger partial charge in [-0.05, 0) is 43.2 Å². The molecule has 0 aliphatic heterocycles. The smallest absolute Gasteiger partial charge is 0.179 e. The third-order valence-corrected chi connectivity index (χ3v) is 4.33. The molecule has 0 saturated carbocycles. The maximum atomic E-state index is 4.88. The summed E-state index contributed by atoms with van der Waals surface area (Å²) in [5, 5.41) is 1.06. The molecule has 0 aliphatic carbocycles. The number of benzene rings is 2. The summed E-state index contributed by atoms with van der Waals surface area (Å²) in [4.78, 5) is 14.2. The van der Waals surface area contributed by atoms with Crippen LogP contribution in [0.3, 0.4) is 0 Å². The zero-order chi connectivity index (χ0) is 17.2. The first-order valence-corrected chi connectivity index (χ1v) is 8.55. The fraction of sp³-hybridized carbons (Fsp3) is 0.136. The highest BCUT2D eigenvalue weighted by Gasteiger charge is 2.12. The van der Waals surface area contributed by atoms with Gasteiger partial charge >= 0.3 is 0 Å². The highest BCUT2D eigenvalue weighted by Crippen LogP contribution is 2.29. The van der Waals surface area contributed by atoms with E-state index in [1.54, 1.807) is 0 Å². The number of rotatable bonds is 3. The monoisotopic (exact) mass is 325 g/mol. The van der Waals surface area contributed by atoms with E-state index in [-0.39, 0.29) is 0 Å². The van der Waals surface area contributed by atoms with Gasteiger partial charge in [0.05, 0.1) is 11.2 Å². The van der Waals surface area contributed by atoms with E-state index < -0.39 is 0 Å². The molecule has 3 nitrogen and oxygen atoms in total. The largest absolute Gasteiger partial charge is 0.250 e. The minimum atomic E-state index is 0.666. The van der Waals surface area contributed by atoms with Crippen molar-refractivity contribution in [3.63, 3.8) is 0 Å². The van der Waals surface area contributed by atoms with Crippen LogP contribution in [-0.2, 0) is 6.42 Å². The molecule has 0 bridgehead atoms. The van der Waals surface area contributed by atoms with Gasteiger partial charge in [-0.2, -0.15) is 0 Å². The molecule has 0 aliphatic rings. The van der Waals surface area contributed by atoms with E-state index in [0.717, 1.165) is 40.0 Å². The third-order valence-electron chi connectivity index (χ3n) is 4.33. The van der Waals surface area contributed by atoms with Crippen molar-refractivity contribution in [3.05, 3.63) is 78.0 Å². The maximum Gasteiger partial charge on any atom is 0.179 e. The summed E-state index contributed by atoms with van der Waals surface area (Å²) in [7, 11) is 0. The number of hydrogen-bond donors (Lipinski definition) is 0. The number of fused-ring (bicyclic) bond motifs is 1. The van der Waals surface area contributed by atoms with Gasteiger partial charge in [0.1, 0.15) is 5.69 Å². The van der Waals surface area contributed by atoms with E-state index in [4.69, 9.17) is 9.97 Å². The summed E-state index contributed by atoms with van der Waals surface area (Å²) in [5.74, 6) is 0.666. The Labute approximate surface area is 147 Å². The van der Waals surface area contributed by atoms with Crippen molar-refractivity contribution in [2.75, 3.05) is 0 Å². The summed E-state index contributed by atoms with van der Waals surface area (Å²) in [5.41, 5.74) is 6.08. The van der Waals surface area contributed by atoms with Gasteiger partial charge in [0, 0.05) is 16.6 Å². The zero-order valence-corrected chi connectivity index (χ0v) is 14.4. The third kappa shape index (κ3) is 3.01. The van der Waals surface area contributed by atoms with Crippen molar-refractivity contribution in [3.8, 4) is 22.8 Å². The van der Waals surface area contributed by atoms with Crippen LogP contribution in [0, 0.1) is 6.92 Å². The van der Waals surface area contributed by atoms with Crippen LogP contribution >= 0.6 is 0 Å². The van der Waals surface area contributed by atoms with E-state index in [1.807, 2.05) is 43.3 Å². The predicted molar refractivity (Wildman–Crippen MR) is 102 cm³/mol. The second-order valence-corrected chi connectivity index (χ2v) is 6.13. The second-order valence-electron chi connectivity index (χ2n) is 6.13. The lowest BCUT2D eigenvalue weighted by atomic mass is 10.0. The molecule has 0 saturated heterocycles. The van der Waals surface area contributed by atoms with Gasteiger partial charge in [-0.25, -0.2) is 15.0 Å². The van der Waals surface area contributed by atoms with Gasteiger partial charge < -0.3 is 0 Å². The average Bonchev–Trinajstić information content (AvgIpc) is 2.67. The molecule has 25 heavy (non-hydrogen) atoms.